The van der Waals surface area contributed by atoms with Gasteiger partial charge in [0.05, 0.1) is 0 Å². The van der Waals surface area contributed by atoms with E-state index in [2.05, 4.69) is 12.2 Å². The summed E-state index contributed by atoms with van der Waals surface area (Å²) in [5.41, 5.74) is 1.85. The third-order valence-electron chi connectivity index (χ3n) is 4.96. The molecule has 1 aliphatic rings. The number of piperidine rings is 1. The maximum Gasteiger partial charge on any atom is 0.291 e. The first-order valence-corrected chi connectivity index (χ1v) is 11.1. The molecule has 1 N–H and O–H groups in total. The fourth-order valence-corrected chi connectivity index (χ4v) is 3.88. The third kappa shape index (κ3) is 4.27. The predicted octanol–water partition coefficient (Wildman–Crippen LogP) is 3.26. The van der Waals surface area contributed by atoms with Gasteiger partial charge in [-0.2, -0.15) is 0 Å². The van der Waals surface area contributed by atoms with Gasteiger partial charge in [-0.25, -0.2) is 8.42 Å². The minimum atomic E-state index is -3.52. The number of aryl methyl sites for hydroxylation is 1. The van der Waals surface area contributed by atoms with Crippen LogP contribution in [0.25, 0.3) is 0 Å². The maximum absolute atomic E-state index is 12.8. The predicted molar refractivity (Wildman–Crippen MR) is 105 cm³/mol. The highest BCUT2D eigenvalue weighted by atomic mass is 32.2. The molecule has 3 rings (SSSR count). The summed E-state index contributed by atoms with van der Waals surface area (Å²) in [4.78, 5) is 27.0. The van der Waals surface area contributed by atoms with Crippen LogP contribution >= 0.6 is 0 Å². The minimum absolute atomic E-state index is 0.00277. The van der Waals surface area contributed by atoms with Crippen molar-refractivity contribution in [3.05, 3.63) is 47.2 Å². The van der Waals surface area contributed by atoms with E-state index in [1.165, 1.54) is 12.1 Å². The number of rotatable bonds is 4. The van der Waals surface area contributed by atoms with Crippen molar-refractivity contribution in [1.29, 1.82) is 0 Å². The van der Waals surface area contributed by atoms with E-state index in [0.29, 0.717) is 11.3 Å². The second-order valence-corrected chi connectivity index (χ2v) is 9.16. The van der Waals surface area contributed by atoms with Gasteiger partial charge in [-0.05, 0) is 69.0 Å². The lowest BCUT2D eigenvalue weighted by Crippen LogP contribution is -2.42. The van der Waals surface area contributed by atoms with Gasteiger partial charge in [0.2, 0.25) is 14.9 Å². The molecule has 1 fully saturated rings. The Labute approximate surface area is 164 Å². The lowest BCUT2D eigenvalue weighted by atomic mass is 10.0. The van der Waals surface area contributed by atoms with E-state index in [1.54, 1.807) is 25.1 Å². The molecule has 2 heterocycles. The van der Waals surface area contributed by atoms with Crippen molar-refractivity contribution in [2.45, 2.75) is 44.2 Å². The Morgan fingerprint density at radius 2 is 1.93 bits per heavy atom. The minimum Gasteiger partial charge on any atom is -0.440 e. The first-order chi connectivity index (χ1) is 13.2. The van der Waals surface area contributed by atoms with Gasteiger partial charge in [0, 0.05) is 30.1 Å². The van der Waals surface area contributed by atoms with Gasteiger partial charge in [-0.3, -0.25) is 9.59 Å². The number of nitrogens with one attached hydrogen (secondary N) is 1. The Balaban J connectivity index is 1.74. The van der Waals surface area contributed by atoms with Crippen molar-refractivity contribution < 1.29 is 22.4 Å². The number of hydrogen-bond acceptors (Lipinski definition) is 5. The van der Waals surface area contributed by atoms with E-state index in [4.69, 9.17) is 4.42 Å². The Kier molecular flexibility index (Phi) is 5.60. The fourth-order valence-electron chi connectivity index (χ4n) is 3.33. The third-order valence-corrected chi connectivity index (χ3v) is 5.91. The number of carbonyl (C=O) groups excluding carboxylic acids is 2. The van der Waals surface area contributed by atoms with Crippen LogP contribution in [-0.2, 0) is 9.84 Å². The van der Waals surface area contributed by atoms with Gasteiger partial charge >= 0.3 is 0 Å². The Bertz CT molecular complexity index is 1010. The second-order valence-electron chi connectivity index (χ2n) is 7.22. The van der Waals surface area contributed by atoms with Crippen LogP contribution in [0, 0.1) is 6.92 Å². The van der Waals surface area contributed by atoms with Gasteiger partial charge in [0.25, 0.3) is 11.8 Å². The van der Waals surface area contributed by atoms with Crippen molar-refractivity contribution >= 4 is 27.3 Å². The lowest BCUT2D eigenvalue weighted by Gasteiger charge is -2.33. The highest BCUT2D eigenvalue weighted by molar-refractivity contribution is 7.90. The smallest absolute Gasteiger partial charge is 0.291 e. The number of amides is 2. The number of furan rings is 1. The van der Waals surface area contributed by atoms with Crippen LogP contribution in [-0.4, -0.2) is 44.0 Å². The number of carbonyl (C=O) groups is 2. The van der Waals surface area contributed by atoms with E-state index in [9.17, 15) is 18.0 Å². The summed E-state index contributed by atoms with van der Waals surface area (Å²) >= 11 is 0. The zero-order valence-electron chi connectivity index (χ0n) is 16.2. The Hall–Kier alpha value is -2.61. The van der Waals surface area contributed by atoms with Gasteiger partial charge in [-0.1, -0.05) is 0 Å². The fraction of sp³-hybridized carbons (Fsp3) is 0.400. The maximum atomic E-state index is 12.8. The number of sulfone groups is 1. The number of anilines is 1. The molecule has 0 saturated carbocycles. The van der Waals surface area contributed by atoms with Crippen molar-refractivity contribution in [3.8, 4) is 0 Å². The van der Waals surface area contributed by atoms with Gasteiger partial charge in [0.1, 0.15) is 0 Å². The van der Waals surface area contributed by atoms with Crippen molar-refractivity contribution in [2.75, 3.05) is 18.1 Å². The molecule has 150 valence electrons. The monoisotopic (exact) mass is 404 g/mol. The zero-order chi connectivity index (χ0) is 20.5. The molecule has 1 aliphatic heterocycles. The summed E-state index contributed by atoms with van der Waals surface area (Å²) < 4.78 is 28.1. The molecule has 1 aromatic heterocycles. The number of benzene rings is 1. The molecule has 1 unspecified atom stereocenters. The molecule has 2 amide bonds. The van der Waals surface area contributed by atoms with Crippen LogP contribution in [0.2, 0.25) is 0 Å². The molecule has 28 heavy (non-hydrogen) atoms. The van der Waals surface area contributed by atoms with E-state index < -0.39 is 15.7 Å². The molecular formula is C20H24N2O5S. The normalized spacial score (nSPS) is 17.4. The standard InChI is InChI=1S/C20H24N2O5S/c1-13-12-15(20(24)22-11-5-4-6-14(22)2)7-8-16(13)21-19(23)17-9-10-18(27-17)28(3,25)26/h7-10,12,14H,4-6,11H2,1-3H3,(H,21,23). The summed E-state index contributed by atoms with van der Waals surface area (Å²) in [7, 11) is -3.52. The number of nitrogens with zero attached hydrogens (tertiary/aromatic N) is 1. The van der Waals surface area contributed by atoms with E-state index in [0.717, 1.165) is 37.6 Å². The summed E-state index contributed by atoms with van der Waals surface area (Å²) in [5, 5.41) is 2.43. The molecule has 1 aromatic carbocycles. The zero-order valence-corrected chi connectivity index (χ0v) is 17.0. The topological polar surface area (TPSA) is 96.7 Å². The molecule has 2 aromatic rings. The van der Waals surface area contributed by atoms with E-state index in [1.807, 2.05) is 4.90 Å². The van der Waals surface area contributed by atoms with Crippen LogP contribution in [0.5, 0.6) is 0 Å². The summed E-state index contributed by atoms with van der Waals surface area (Å²) in [5.74, 6) is -0.652. The molecule has 0 radical (unpaired) electrons. The lowest BCUT2D eigenvalue weighted by molar-refractivity contribution is 0.0635. The van der Waals surface area contributed by atoms with Gasteiger partial charge in [0.15, 0.2) is 5.76 Å². The molecule has 1 atom stereocenters. The first kappa shape index (κ1) is 20.1. The highest BCUT2D eigenvalue weighted by Crippen LogP contribution is 2.23. The molecule has 8 heteroatoms. The average molecular weight is 404 g/mol. The van der Waals surface area contributed by atoms with Crippen LogP contribution in [0.15, 0.2) is 39.8 Å². The van der Waals surface area contributed by atoms with Crippen LogP contribution in [0.4, 0.5) is 5.69 Å². The van der Waals surface area contributed by atoms with Gasteiger partial charge < -0.3 is 14.6 Å². The highest BCUT2D eigenvalue weighted by Gasteiger charge is 2.24. The van der Waals surface area contributed by atoms with Crippen molar-refractivity contribution in [3.63, 3.8) is 0 Å². The van der Waals surface area contributed by atoms with Gasteiger partial charge in [-0.15, -0.1) is 0 Å². The van der Waals surface area contributed by atoms with Crippen LogP contribution in [0.1, 0.15) is 52.7 Å². The largest absolute Gasteiger partial charge is 0.440 e. The SMILES string of the molecule is Cc1cc(C(=O)N2CCCCC2C)ccc1NC(=O)c1ccc(S(C)(=O)=O)o1. The first-order valence-electron chi connectivity index (χ1n) is 9.19. The van der Waals surface area contributed by atoms with Crippen LogP contribution in [0.3, 0.4) is 0 Å². The van der Waals surface area contributed by atoms with Crippen molar-refractivity contribution in [2.24, 2.45) is 0 Å². The Morgan fingerprint density at radius 1 is 1.18 bits per heavy atom. The second kappa shape index (κ2) is 7.79. The summed E-state index contributed by atoms with van der Waals surface area (Å²) in [6.07, 6.45) is 4.18. The summed E-state index contributed by atoms with van der Waals surface area (Å²) in [6.45, 7) is 4.63. The quantitative estimate of drug-likeness (QED) is 0.844. The molecular weight excluding hydrogens is 380 g/mol. The molecule has 0 spiro atoms. The Morgan fingerprint density at radius 3 is 2.54 bits per heavy atom. The van der Waals surface area contributed by atoms with E-state index in [-0.39, 0.29) is 22.8 Å². The molecule has 0 bridgehead atoms. The average Bonchev–Trinajstić information content (AvgIpc) is 3.14. The summed E-state index contributed by atoms with van der Waals surface area (Å²) in [6, 6.07) is 7.91. The molecule has 0 aliphatic carbocycles. The van der Waals surface area contributed by atoms with Crippen molar-refractivity contribution in [1.82, 2.24) is 4.90 Å². The molecule has 1 saturated heterocycles. The molecule has 7 nitrogen and oxygen atoms in total. The number of hydrogen-bond donors (Lipinski definition) is 1. The van der Waals surface area contributed by atoms with E-state index >= 15 is 0 Å². The van der Waals surface area contributed by atoms with Crippen LogP contribution < -0.4 is 5.32 Å². The number of likely N-dealkylation sites (tertiary alicyclic amines) is 1.